The zero-order valence-corrected chi connectivity index (χ0v) is 59.1. The van der Waals surface area contributed by atoms with E-state index in [1.807, 2.05) is 0 Å². The number of nitrogens with zero attached hydrogens (tertiary/aromatic N) is 8. The molecule has 0 N–H and O–H groups in total. The molecule has 0 aromatic heterocycles. The summed E-state index contributed by atoms with van der Waals surface area (Å²) in [6.07, 6.45) is 21.9. The van der Waals surface area contributed by atoms with E-state index < -0.39 is 0 Å². The molecule has 0 bridgehead atoms. The Morgan fingerprint density at radius 1 is 0.333 bits per heavy atom. The van der Waals surface area contributed by atoms with Gasteiger partial charge in [0.1, 0.15) is 42.3 Å². The van der Waals surface area contributed by atoms with E-state index in [0.29, 0.717) is 0 Å². The highest BCUT2D eigenvalue weighted by Gasteiger charge is 2.42. The number of rotatable bonds is 12. The fraction of sp³-hybridized carbons (Fsp3) is 0.378. The van der Waals surface area contributed by atoms with Crippen LogP contribution in [-0.4, -0.2) is 142 Å². The standard InChI is InChI=1S/C32H42N3.C28H34N3.C22H29N2/c1-9-34(10-2)24-15-13-23(14-16-24)31-27-19-17-25(33(7)8)21-29(27)32(5,6)30-22-26(18-20-28(30)31)35(11-3)12-4;1-28(2)25-17-21(30(5)6)13-15-23(25)27(19-9-11-20(12-10-19)29(3)4)24-16-14-22(31(7)8)18-26(24)28;1-8-17-18-11-9-15(23(4)5)13-20(18)22(2,3)21-14-16(24(6)7)10-12-19(17)21/h13-22H,9-12H2,1-8H3;9-18H,1-8H3;9-14H,8H2,1-7H3/q3*+1. The third-order valence-electron chi connectivity index (χ3n) is 19.8. The molecule has 0 unspecified atom stereocenters. The van der Waals surface area contributed by atoms with E-state index in [-0.39, 0.29) is 16.2 Å². The van der Waals surface area contributed by atoms with Crippen LogP contribution in [0.3, 0.4) is 0 Å². The van der Waals surface area contributed by atoms with E-state index in [1.165, 1.54) is 140 Å². The third-order valence-corrected chi connectivity index (χ3v) is 19.8. The molecular weight excluding hydrogens is 1100 g/mol. The molecule has 0 radical (unpaired) electrons. The number of benzene rings is 5. The Kier molecular flexibility index (Phi) is 19.4. The van der Waals surface area contributed by atoms with Crippen LogP contribution >= 0.6 is 0 Å². The Labute approximate surface area is 543 Å². The summed E-state index contributed by atoms with van der Waals surface area (Å²) in [5.41, 5.74) is 33.2. The highest BCUT2D eigenvalue weighted by atomic mass is 15.1. The van der Waals surface area contributed by atoms with Gasteiger partial charge in [0.2, 0.25) is 0 Å². The molecule has 0 fully saturated rings. The van der Waals surface area contributed by atoms with Gasteiger partial charge in [-0.05, 0) is 208 Å². The van der Waals surface area contributed by atoms with Crippen molar-refractivity contribution >= 4 is 62.3 Å². The molecule has 0 aliphatic heterocycles. The quantitative estimate of drug-likeness (QED) is 0.116. The normalized spacial score (nSPS) is 16.7. The molecule has 0 saturated carbocycles. The van der Waals surface area contributed by atoms with E-state index >= 15 is 0 Å². The largest absolute Gasteiger partial charge is 0.378 e. The van der Waals surface area contributed by atoms with Gasteiger partial charge in [0.15, 0.2) is 17.1 Å². The van der Waals surface area contributed by atoms with Crippen molar-refractivity contribution < 1.29 is 13.7 Å². The number of hydrogen-bond donors (Lipinski definition) is 0. The summed E-state index contributed by atoms with van der Waals surface area (Å²) >= 11 is 0. The van der Waals surface area contributed by atoms with Crippen LogP contribution in [0, 0.1) is 0 Å². The first-order valence-electron chi connectivity index (χ1n) is 32.9. The van der Waals surface area contributed by atoms with Crippen LogP contribution in [0.25, 0.3) is 16.7 Å². The SMILES string of the molecule is CCC1=C2C=CC(=[N+](C)C)C=C2C(C)(C)c2cc(N(C)C)ccc21.CCN(CC)c1ccc(C2=C3C=CC(=[N+](C)C)C=C3C(C)(C)c3cc(N(CC)CC)ccc32)cc1.CN(C)c1ccc(C2=C3C=CC(=[N+](C)C)C=C3C(C)(C)c3cc(N(C)C)ccc32)cc1. The molecule has 470 valence electrons. The van der Waals surface area contributed by atoms with E-state index in [0.717, 1.165) is 32.6 Å². The van der Waals surface area contributed by atoms with E-state index in [9.17, 15) is 0 Å². The van der Waals surface area contributed by atoms with E-state index in [4.69, 9.17) is 0 Å². The summed E-state index contributed by atoms with van der Waals surface area (Å²) in [6, 6.07) is 39.1. The van der Waals surface area contributed by atoms with Crippen LogP contribution in [0.4, 0.5) is 28.4 Å². The zero-order chi connectivity index (χ0) is 65.5. The Morgan fingerprint density at radius 2 is 0.633 bits per heavy atom. The highest BCUT2D eigenvalue weighted by molar-refractivity contribution is 6.08. The molecule has 0 spiro atoms. The lowest BCUT2D eigenvalue weighted by molar-refractivity contribution is -0.462. The molecule has 0 atom stereocenters. The lowest BCUT2D eigenvalue weighted by Crippen LogP contribution is -2.31. The summed E-state index contributed by atoms with van der Waals surface area (Å²) < 4.78 is 6.58. The first-order valence-corrected chi connectivity index (χ1v) is 32.9. The summed E-state index contributed by atoms with van der Waals surface area (Å²) in [5.74, 6) is 0. The smallest absolute Gasteiger partial charge is 0.199 e. The molecule has 0 amide bonds. The van der Waals surface area contributed by atoms with Crippen LogP contribution in [0.15, 0.2) is 191 Å². The second kappa shape index (κ2) is 26.3. The summed E-state index contributed by atoms with van der Waals surface area (Å²) in [5, 5.41) is 0. The van der Waals surface area contributed by atoms with E-state index in [2.05, 4.69) is 357 Å². The first-order chi connectivity index (χ1) is 42.6. The Bertz CT molecular complexity index is 3990. The minimum absolute atomic E-state index is 0.00137. The number of fused-ring (bicyclic) bond motifs is 6. The van der Waals surface area contributed by atoms with Gasteiger partial charge < -0.3 is 24.5 Å². The fourth-order valence-electron chi connectivity index (χ4n) is 14.1. The molecule has 0 heterocycles. The van der Waals surface area contributed by atoms with Gasteiger partial charge in [-0.25, -0.2) is 13.7 Å². The van der Waals surface area contributed by atoms with Crippen LogP contribution in [0.5, 0.6) is 0 Å². The monoisotopic (exact) mass is 1200 g/mol. The van der Waals surface area contributed by atoms with Crippen LogP contribution in [0.1, 0.15) is 127 Å². The van der Waals surface area contributed by atoms with Gasteiger partial charge in [0, 0.05) is 150 Å². The second-order valence-electron chi connectivity index (χ2n) is 27.6. The molecule has 0 saturated heterocycles. The van der Waals surface area contributed by atoms with Gasteiger partial charge in [-0.3, -0.25) is 0 Å². The summed E-state index contributed by atoms with van der Waals surface area (Å²) in [6.45, 7) is 29.5. The lowest BCUT2D eigenvalue weighted by Gasteiger charge is -2.39. The lowest BCUT2D eigenvalue weighted by atomic mass is 9.64. The van der Waals surface area contributed by atoms with Crippen LogP contribution in [-0.2, 0) is 16.2 Å². The maximum Gasteiger partial charge on any atom is 0.199 e. The Hall–Kier alpha value is -8.23. The van der Waals surface area contributed by atoms with Gasteiger partial charge in [-0.15, -0.1) is 0 Å². The van der Waals surface area contributed by atoms with Crippen molar-refractivity contribution in [2.24, 2.45) is 0 Å². The molecule has 8 heteroatoms. The third kappa shape index (κ3) is 12.4. The molecule has 8 nitrogen and oxygen atoms in total. The molecular formula is C82H105N8+3. The topological polar surface area (TPSA) is 25.2 Å². The second-order valence-corrected chi connectivity index (χ2v) is 27.6. The first kappa shape index (κ1) is 66.2. The van der Waals surface area contributed by atoms with Gasteiger partial charge in [0.25, 0.3) is 0 Å². The molecule has 5 aromatic carbocycles. The number of anilines is 5. The van der Waals surface area contributed by atoms with E-state index in [1.54, 1.807) is 0 Å². The molecule has 5 aromatic rings. The van der Waals surface area contributed by atoms with Crippen molar-refractivity contribution in [3.63, 3.8) is 0 Å². The maximum atomic E-state index is 2.45. The summed E-state index contributed by atoms with van der Waals surface area (Å²) in [4.78, 5) is 11.4. The van der Waals surface area contributed by atoms with Crippen LogP contribution < -0.4 is 24.5 Å². The minimum Gasteiger partial charge on any atom is -0.378 e. The van der Waals surface area contributed by atoms with Crippen molar-refractivity contribution in [1.29, 1.82) is 0 Å². The zero-order valence-electron chi connectivity index (χ0n) is 59.1. The summed E-state index contributed by atoms with van der Waals surface area (Å²) in [7, 11) is 25.3. The Morgan fingerprint density at radius 3 is 0.989 bits per heavy atom. The van der Waals surface area contributed by atoms with Crippen molar-refractivity contribution in [3.05, 3.63) is 236 Å². The van der Waals surface area contributed by atoms with Crippen LogP contribution in [0.2, 0.25) is 0 Å². The van der Waals surface area contributed by atoms with Gasteiger partial charge >= 0.3 is 0 Å². The maximum absolute atomic E-state index is 2.45. The van der Waals surface area contributed by atoms with Crippen molar-refractivity contribution in [3.8, 4) is 0 Å². The predicted molar refractivity (Wildman–Crippen MR) is 394 cm³/mol. The van der Waals surface area contributed by atoms with Gasteiger partial charge in [-0.1, -0.05) is 90.9 Å². The van der Waals surface area contributed by atoms with Crippen molar-refractivity contribution in [2.45, 2.75) is 98.8 Å². The molecule has 90 heavy (non-hydrogen) atoms. The fourth-order valence-corrected chi connectivity index (χ4v) is 14.1. The highest BCUT2D eigenvalue weighted by Crippen LogP contribution is 2.53. The number of hydrogen-bond acceptors (Lipinski definition) is 5. The predicted octanol–water partition coefficient (Wildman–Crippen LogP) is 16.2. The molecule has 11 rings (SSSR count). The molecule has 6 aliphatic rings. The average molecular weight is 1200 g/mol. The van der Waals surface area contributed by atoms with Gasteiger partial charge in [0.05, 0.1) is 0 Å². The number of allylic oxidation sites excluding steroid dienone is 16. The average Bonchev–Trinajstić information content (AvgIpc) is 0.743. The van der Waals surface area contributed by atoms with Gasteiger partial charge in [-0.2, -0.15) is 0 Å². The van der Waals surface area contributed by atoms with Crippen molar-refractivity contribution in [2.75, 3.05) is 135 Å². The Balaban J connectivity index is 0.000000163. The minimum atomic E-state index is -0.0927. The molecule has 6 aliphatic carbocycles. The van der Waals surface area contributed by atoms with Crippen molar-refractivity contribution in [1.82, 2.24) is 0 Å².